The summed E-state index contributed by atoms with van der Waals surface area (Å²) in [6.07, 6.45) is 0. The minimum atomic E-state index is -0.301. The molecule has 0 spiro atoms. The molecule has 2 atom stereocenters. The Balaban J connectivity index is 2.26. The molecule has 0 bridgehead atoms. The summed E-state index contributed by atoms with van der Waals surface area (Å²) in [5.41, 5.74) is 0.767. The van der Waals surface area contributed by atoms with Crippen LogP contribution in [0.2, 0.25) is 0 Å². The van der Waals surface area contributed by atoms with Gasteiger partial charge in [-0.2, -0.15) is 0 Å². The third kappa shape index (κ3) is 5.52. The van der Waals surface area contributed by atoms with E-state index in [9.17, 15) is 9.18 Å². The predicted molar refractivity (Wildman–Crippen MR) is 107 cm³/mol. The summed E-state index contributed by atoms with van der Waals surface area (Å²) in [5, 5.41) is 12.2. The Kier molecular flexibility index (Phi) is 7.38. The molecule has 1 amide bonds. The summed E-state index contributed by atoms with van der Waals surface area (Å²) < 4.78 is 15.2. The van der Waals surface area contributed by atoms with Crippen molar-refractivity contribution < 1.29 is 9.18 Å². The van der Waals surface area contributed by atoms with Gasteiger partial charge in [0.2, 0.25) is 5.91 Å². The van der Waals surface area contributed by atoms with Gasteiger partial charge in [0.15, 0.2) is 11.0 Å². The fourth-order valence-electron chi connectivity index (χ4n) is 2.30. The molecule has 0 aliphatic heterocycles. The largest absolute Gasteiger partial charge is 0.353 e. The van der Waals surface area contributed by atoms with Gasteiger partial charge < -0.3 is 5.32 Å². The van der Waals surface area contributed by atoms with Gasteiger partial charge in [-0.1, -0.05) is 25.6 Å². The number of carbonyl (C=O) groups excluding carboxylic acids is 1. The number of benzene rings is 1. The van der Waals surface area contributed by atoms with E-state index in [1.165, 1.54) is 23.9 Å². The fraction of sp³-hybridized carbons (Fsp3) is 0.526. The first-order valence-electron chi connectivity index (χ1n) is 9.00. The highest BCUT2D eigenvalue weighted by Gasteiger charge is 2.22. The molecular weight excluding hydrogens is 365 g/mol. The van der Waals surface area contributed by atoms with Gasteiger partial charge in [0.1, 0.15) is 5.82 Å². The molecule has 1 N–H and O–H groups in total. The quantitative estimate of drug-likeness (QED) is 0.698. The van der Waals surface area contributed by atoms with Gasteiger partial charge in [0, 0.05) is 11.7 Å². The van der Waals surface area contributed by atoms with Crippen LogP contribution in [0.3, 0.4) is 0 Å². The number of amides is 1. The van der Waals surface area contributed by atoms with Crippen LogP contribution in [-0.2, 0) is 4.79 Å². The molecule has 0 fully saturated rings. The molecular formula is C19H28FN5OS. The second-order valence-corrected chi connectivity index (χ2v) is 8.12. The van der Waals surface area contributed by atoms with Gasteiger partial charge in [-0.15, -0.1) is 10.2 Å². The van der Waals surface area contributed by atoms with Crippen LogP contribution >= 0.6 is 11.8 Å². The van der Waals surface area contributed by atoms with E-state index in [-0.39, 0.29) is 29.6 Å². The predicted octanol–water partition coefficient (Wildman–Crippen LogP) is 3.28. The van der Waals surface area contributed by atoms with Gasteiger partial charge in [0.05, 0.1) is 11.8 Å². The zero-order valence-corrected chi connectivity index (χ0v) is 17.5. The lowest BCUT2D eigenvalue weighted by Gasteiger charge is -2.20. The molecule has 0 aliphatic rings. The molecule has 148 valence electrons. The zero-order chi connectivity index (χ0) is 20.1. The van der Waals surface area contributed by atoms with Gasteiger partial charge in [-0.3, -0.25) is 14.3 Å². The maximum Gasteiger partial charge on any atom is 0.230 e. The molecule has 2 rings (SSSR count). The fourth-order valence-corrected chi connectivity index (χ4v) is 3.07. The molecule has 27 heavy (non-hydrogen) atoms. The highest BCUT2D eigenvalue weighted by Crippen LogP contribution is 2.26. The SMILES string of the molecule is CC(C)[C@H](C)NC(=O)CSc1nnc([C@H](C)N(C)C)n1-c1ccc(F)cc1. The van der Waals surface area contributed by atoms with Crippen LogP contribution in [0, 0.1) is 11.7 Å². The van der Waals surface area contributed by atoms with E-state index in [1.54, 1.807) is 12.1 Å². The van der Waals surface area contributed by atoms with E-state index in [4.69, 9.17) is 0 Å². The smallest absolute Gasteiger partial charge is 0.230 e. The summed E-state index contributed by atoms with van der Waals surface area (Å²) in [7, 11) is 3.92. The highest BCUT2D eigenvalue weighted by molar-refractivity contribution is 7.99. The highest BCUT2D eigenvalue weighted by atomic mass is 32.2. The van der Waals surface area contributed by atoms with Crippen molar-refractivity contribution in [3.05, 3.63) is 35.9 Å². The summed E-state index contributed by atoms with van der Waals surface area (Å²) in [4.78, 5) is 14.2. The number of nitrogens with one attached hydrogen (secondary N) is 1. The van der Waals surface area contributed by atoms with Crippen molar-refractivity contribution in [2.45, 2.75) is 44.9 Å². The Labute approximate surface area is 164 Å². The van der Waals surface area contributed by atoms with Gasteiger partial charge in [-0.05, 0) is 58.1 Å². The number of aromatic nitrogens is 3. The van der Waals surface area contributed by atoms with Crippen LogP contribution in [0.5, 0.6) is 0 Å². The summed E-state index contributed by atoms with van der Waals surface area (Å²) in [5.74, 6) is 1.01. The Morgan fingerprint density at radius 2 is 1.81 bits per heavy atom. The van der Waals surface area contributed by atoms with Crippen molar-refractivity contribution in [2.24, 2.45) is 5.92 Å². The van der Waals surface area contributed by atoms with E-state index in [0.717, 1.165) is 11.5 Å². The van der Waals surface area contributed by atoms with Crippen LogP contribution in [0.4, 0.5) is 4.39 Å². The number of hydrogen-bond donors (Lipinski definition) is 1. The van der Waals surface area contributed by atoms with Crippen LogP contribution < -0.4 is 5.32 Å². The third-order valence-corrected chi connectivity index (χ3v) is 5.54. The van der Waals surface area contributed by atoms with Crippen molar-refractivity contribution >= 4 is 17.7 Å². The summed E-state index contributed by atoms with van der Waals surface area (Å²) in [6.45, 7) is 8.15. The molecule has 0 aliphatic carbocycles. The van der Waals surface area contributed by atoms with E-state index < -0.39 is 0 Å². The lowest BCUT2D eigenvalue weighted by atomic mass is 10.1. The molecule has 6 nitrogen and oxygen atoms in total. The molecule has 1 heterocycles. The molecule has 1 aromatic heterocycles. The number of halogens is 1. The Hall–Kier alpha value is -1.93. The average Bonchev–Trinajstić information content (AvgIpc) is 3.03. The monoisotopic (exact) mass is 393 g/mol. The summed E-state index contributed by atoms with van der Waals surface area (Å²) >= 11 is 1.32. The second-order valence-electron chi connectivity index (χ2n) is 7.18. The Bertz CT molecular complexity index is 760. The first-order chi connectivity index (χ1) is 12.7. The molecule has 0 saturated heterocycles. The normalized spacial score (nSPS) is 13.8. The Morgan fingerprint density at radius 3 is 2.37 bits per heavy atom. The lowest BCUT2D eigenvalue weighted by molar-refractivity contribution is -0.119. The molecule has 0 radical (unpaired) electrons. The molecule has 0 saturated carbocycles. The number of hydrogen-bond acceptors (Lipinski definition) is 5. The lowest BCUT2D eigenvalue weighted by Crippen LogP contribution is -2.37. The minimum Gasteiger partial charge on any atom is -0.353 e. The van der Waals surface area contributed by atoms with Crippen LogP contribution in [0.1, 0.15) is 39.6 Å². The van der Waals surface area contributed by atoms with Crippen LogP contribution in [0.15, 0.2) is 29.4 Å². The van der Waals surface area contributed by atoms with Crippen molar-refractivity contribution in [3.8, 4) is 5.69 Å². The van der Waals surface area contributed by atoms with E-state index >= 15 is 0 Å². The van der Waals surface area contributed by atoms with Crippen molar-refractivity contribution in [1.29, 1.82) is 0 Å². The molecule has 8 heteroatoms. The molecule has 0 unspecified atom stereocenters. The molecule has 2 aromatic rings. The van der Waals surface area contributed by atoms with Crippen molar-refractivity contribution in [1.82, 2.24) is 25.0 Å². The minimum absolute atomic E-state index is 0.00620. The number of rotatable bonds is 8. The van der Waals surface area contributed by atoms with Gasteiger partial charge >= 0.3 is 0 Å². The topological polar surface area (TPSA) is 63.1 Å². The maximum absolute atomic E-state index is 13.3. The molecule has 1 aromatic carbocycles. The maximum atomic E-state index is 13.3. The Morgan fingerprint density at radius 1 is 1.19 bits per heavy atom. The van der Waals surface area contributed by atoms with Crippen molar-refractivity contribution in [2.75, 3.05) is 19.8 Å². The van der Waals surface area contributed by atoms with Crippen LogP contribution in [-0.4, -0.2) is 51.5 Å². The van der Waals surface area contributed by atoms with E-state index in [1.807, 2.05) is 37.4 Å². The van der Waals surface area contributed by atoms with E-state index in [0.29, 0.717) is 11.1 Å². The first kappa shape index (κ1) is 21.4. The first-order valence-corrected chi connectivity index (χ1v) is 9.99. The number of thioether (sulfide) groups is 1. The van der Waals surface area contributed by atoms with Gasteiger partial charge in [-0.25, -0.2) is 4.39 Å². The van der Waals surface area contributed by atoms with Crippen molar-refractivity contribution in [3.63, 3.8) is 0 Å². The summed E-state index contributed by atoms with van der Waals surface area (Å²) in [6, 6.07) is 6.31. The zero-order valence-electron chi connectivity index (χ0n) is 16.7. The van der Waals surface area contributed by atoms with Crippen LogP contribution in [0.25, 0.3) is 5.69 Å². The van der Waals surface area contributed by atoms with E-state index in [2.05, 4.69) is 29.4 Å². The van der Waals surface area contributed by atoms with Gasteiger partial charge in [0.25, 0.3) is 0 Å². The average molecular weight is 394 g/mol. The number of nitrogens with zero attached hydrogens (tertiary/aromatic N) is 4. The third-order valence-electron chi connectivity index (χ3n) is 4.61. The standard InChI is InChI=1S/C19H28FN5OS/c1-12(2)13(3)21-17(26)11-27-19-23-22-18(14(4)24(5)6)25(19)16-9-7-15(20)8-10-16/h7-10,12-14H,11H2,1-6H3,(H,21,26)/t13-,14-/m0/s1. The number of carbonyl (C=O) groups is 1. The second kappa shape index (κ2) is 9.32.